The van der Waals surface area contributed by atoms with Crippen LogP contribution in [0.25, 0.3) is 0 Å². The summed E-state index contributed by atoms with van der Waals surface area (Å²) in [6.07, 6.45) is 4.10. The van der Waals surface area contributed by atoms with E-state index in [4.69, 9.17) is 4.74 Å². The smallest absolute Gasteiger partial charge is 0.127 e. The molecule has 1 aromatic rings. The predicted molar refractivity (Wildman–Crippen MR) is 76.0 cm³/mol. The van der Waals surface area contributed by atoms with Crippen LogP contribution in [0.2, 0.25) is 0 Å². The molecule has 1 heterocycles. The SMILES string of the molecule is CCCNC1CC(C)(CCC)Oc2cc(F)ccc21. The highest BCUT2D eigenvalue weighted by molar-refractivity contribution is 5.39. The Morgan fingerprint density at radius 3 is 2.84 bits per heavy atom. The van der Waals surface area contributed by atoms with E-state index in [1.165, 1.54) is 12.1 Å². The van der Waals surface area contributed by atoms with Crippen LogP contribution < -0.4 is 10.1 Å². The van der Waals surface area contributed by atoms with E-state index in [2.05, 4.69) is 26.1 Å². The minimum absolute atomic E-state index is 0.194. The maximum atomic E-state index is 13.4. The summed E-state index contributed by atoms with van der Waals surface area (Å²) in [4.78, 5) is 0. The molecule has 0 spiro atoms. The van der Waals surface area contributed by atoms with Gasteiger partial charge in [-0.2, -0.15) is 0 Å². The quantitative estimate of drug-likeness (QED) is 0.861. The maximum absolute atomic E-state index is 13.4. The van der Waals surface area contributed by atoms with E-state index in [1.54, 1.807) is 0 Å². The van der Waals surface area contributed by atoms with Crippen LogP contribution >= 0.6 is 0 Å². The number of hydrogen-bond donors (Lipinski definition) is 1. The zero-order chi connectivity index (χ0) is 13.9. The average Bonchev–Trinajstić information content (AvgIpc) is 2.35. The first kappa shape index (κ1) is 14.3. The van der Waals surface area contributed by atoms with Crippen molar-refractivity contribution in [2.75, 3.05) is 6.54 Å². The lowest BCUT2D eigenvalue weighted by atomic mass is 9.85. The van der Waals surface area contributed by atoms with Gasteiger partial charge in [-0.3, -0.25) is 0 Å². The van der Waals surface area contributed by atoms with Gasteiger partial charge in [0.15, 0.2) is 0 Å². The normalized spacial score (nSPS) is 25.8. The third-order valence-electron chi connectivity index (χ3n) is 3.76. The highest BCUT2D eigenvalue weighted by Crippen LogP contribution is 2.41. The second kappa shape index (κ2) is 5.91. The summed E-state index contributed by atoms with van der Waals surface area (Å²) in [6, 6.07) is 5.15. The van der Waals surface area contributed by atoms with Crippen LogP contribution in [0.1, 0.15) is 58.1 Å². The molecular formula is C16H24FNO. The van der Waals surface area contributed by atoms with Gasteiger partial charge in [-0.25, -0.2) is 4.39 Å². The third-order valence-corrected chi connectivity index (χ3v) is 3.76. The Kier molecular flexibility index (Phi) is 4.46. The minimum Gasteiger partial charge on any atom is -0.487 e. The molecule has 106 valence electrons. The van der Waals surface area contributed by atoms with Crippen LogP contribution in [-0.2, 0) is 0 Å². The molecule has 0 fully saturated rings. The second-order valence-corrected chi connectivity index (χ2v) is 5.69. The molecule has 0 amide bonds. The molecule has 1 N–H and O–H groups in total. The van der Waals surface area contributed by atoms with Gasteiger partial charge < -0.3 is 10.1 Å². The molecule has 0 bridgehead atoms. The van der Waals surface area contributed by atoms with Gasteiger partial charge in [0.2, 0.25) is 0 Å². The van der Waals surface area contributed by atoms with Crippen molar-refractivity contribution in [3.8, 4) is 5.75 Å². The maximum Gasteiger partial charge on any atom is 0.127 e. The molecule has 0 saturated carbocycles. The van der Waals surface area contributed by atoms with Gasteiger partial charge in [0, 0.05) is 24.1 Å². The van der Waals surface area contributed by atoms with Crippen molar-refractivity contribution in [2.24, 2.45) is 0 Å². The molecule has 0 radical (unpaired) electrons. The number of nitrogens with one attached hydrogen (secondary N) is 1. The zero-order valence-electron chi connectivity index (χ0n) is 12.1. The van der Waals surface area contributed by atoms with Crippen molar-refractivity contribution in [1.82, 2.24) is 5.32 Å². The second-order valence-electron chi connectivity index (χ2n) is 5.69. The van der Waals surface area contributed by atoms with Crippen LogP contribution in [0.5, 0.6) is 5.75 Å². The zero-order valence-corrected chi connectivity index (χ0v) is 12.1. The van der Waals surface area contributed by atoms with E-state index >= 15 is 0 Å². The van der Waals surface area contributed by atoms with E-state index in [0.29, 0.717) is 5.75 Å². The highest BCUT2D eigenvalue weighted by atomic mass is 19.1. The van der Waals surface area contributed by atoms with Gasteiger partial charge in [-0.1, -0.05) is 26.3 Å². The molecular weight excluding hydrogens is 241 g/mol. The van der Waals surface area contributed by atoms with Crippen LogP contribution in [0.4, 0.5) is 4.39 Å². The van der Waals surface area contributed by atoms with Crippen molar-refractivity contribution >= 4 is 0 Å². The number of halogens is 1. The van der Waals surface area contributed by atoms with Crippen molar-refractivity contribution in [2.45, 2.75) is 58.1 Å². The lowest BCUT2D eigenvalue weighted by Gasteiger charge is -2.40. The van der Waals surface area contributed by atoms with Crippen LogP contribution in [0.3, 0.4) is 0 Å². The summed E-state index contributed by atoms with van der Waals surface area (Å²) >= 11 is 0. The molecule has 0 saturated heterocycles. The molecule has 0 aromatic heterocycles. The Morgan fingerprint density at radius 1 is 1.37 bits per heavy atom. The molecule has 2 atom stereocenters. The molecule has 2 rings (SSSR count). The van der Waals surface area contributed by atoms with E-state index < -0.39 is 0 Å². The summed E-state index contributed by atoms with van der Waals surface area (Å²) in [6.45, 7) is 7.42. The molecule has 1 aromatic carbocycles. The van der Waals surface area contributed by atoms with Crippen LogP contribution in [-0.4, -0.2) is 12.1 Å². The van der Waals surface area contributed by atoms with E-state index in [0.717, 1.165) is 37.8 Å². The van der Waals surface area contributed by atoms with Crippen molar-refractivity contribution in [1.29, 1.82) is 0 Å². The molecule has 1 aliphatic heterocycles. The van der Waals surface area contributed by atoms with E-state index in [-0.39, 0.29) is 17.5 Å². The summed E-state index contributed by atoms with van der Waals surface area (Å²) in [5, 5.41) is 3.56. The predicted octanol–water partition coefficient (Wildman–Crippen LogP) is 4.21. The Labute approximate surface area is 115 Å². The lowest BCUT2D eigenvalue weighted by molar-refractivity contribution is 0.0387. The van der Waals surface area contributed by atoms with E-state index in [9.17, 15) is 4.39 Å². The molecule has 0 aliphatic carbocycles. The molecule has 1 aliphatic rings. The average molecular weight is 265 g/mol. The molecule has 2 nitrogen and oxygen atoms in total. The first-order valence-electron chi connectivity index (χ1n) is 7.30. The summed E-state index contributed by atoms with van der Waals surface area (Å²) in [5.74, 6) is 0.476. The Balaban J connectivity index is 2.29. The monoisotopic (exact) mass is 265 g/mol. The number of fused-ring (bicyclic) bond motifs is 1. The molecule has 2 unspecified atom stereocenters. The van der Waals surface area contributed by atoms with Gasteiger partial charge in [0.25, 0.3) is 0 Å². The molecule has 19 heavy (non-hydrogen) atoms. The largest absolute Gasteiger partial charge is 0.487 e. The third kappa shape index (κ3) is 3.27. The van der Waals surface area contributed by atoms with Gasteiger partial charge >= 0.3 is 0 Å². The van der Waals surface area contributed by atoms with Gasteiger partial charge in [0.1, 0.15) is 17.2 Å². The number of benzene rings is 1. The van der Waals surface area contributed by atoms with Crippen molar-refractivity contribution in [3.63, 3.8) is 0 Å². The number of rotatable bonds is 5. The Hall–Kier alpha value is -1.09. The lowest BCUT2D eigenvalue weighted by Crippen LogP contribution is -2.42. The fraction of sp³-hybridized carbons (Fsp3) is 0.625. The summed E-state index contributed by atoms with van der Waals surface area (Å²) in [7, 11) is 0. The minimum atomic E-state index is -0.228. The Morgan fingerprint density at radius 2 is 2.16 bits per heavy atom. The van der Waals surface area contributed by atoms with Gasteiger partial charge in [0.05, 0.1) is 0 Å². The van der Waals surface area contributed by atoms with Gasteiger partial charge in [-0.15, -0.1) is 0 Å². The first-order valence-corrected chi connectivity index (χ1v) is 7.30. The highest BCUT2D eigenvalue weighted by Gasteiger charge is 2.36. The Bertz CT molecular complexity index is 435. The summed E-state index contributed by atoms with van der Waals surface area (Å²) < 4.78 is 19.5. The fourth-order valence-corrected chi connectivity index (χ4v) is 2.92. The summed E-state index contributed by atoms with van der Waals surface area (Å²) in [5.41, 5.74) is 0.893. The molecule has 3 heteroatoms. The standard InChI is InChI=1S/C16H24FNO/c1-4-8-16(3)11-14(18-9-5-2)13-7-6-12(17)10-15(13)19-16/h6-7,10,14,18H,4-5,8-9,11H2,1-3H3. The van der Waals surface area contributed by atoms with Crippen molar-refractivity contribution in [3.05, 3.63) is 29.6 Å². The number of ether oxygens (including phenoxy) is 1. The van der Waals surface area contributed by atoms with Crippen LogP contribution in [0, 0.1) is 5.82 Å². The topological polar surface area (TPSA) is 21.3 Å². The fourth-order valence-electron chi connectivity index (χ4n) is 2.92. The number of hydrogen-bond acceptors (Lipinski definition) is 2. The van der Waals surface area contributed by atoms with Crippen molar-refractivity contribution < 1.29 is 9.13 Å². The van der Waals surface area contributed by atoms with Crippen LogP contribution in [0.15, 0.2) is 18.2 Å². The van der Waals surface area contributed by atoms with Gasteiger partial charge in [-0.05, 0) is 32.4 Å². The van der Waals surface area contributed by atoms with E-state index in [1.807, 2.05) is 6.07 Å². The first-order chi connectivity index (χ1) is 9.08.